The van der Waals surface area contributed by atoms with Crippen molar-refractivity contribution in [3.05, 3.63) is 34.9 Å². The lowest BCUT2D eigenvalue weighted by Crippen LogP contribution is -2.53. The Hall–Kier alpha value is -1.89. The molecule has 1 amide bonds. The molecular weight excluding hydrogens is 429 g/mol. The zero-order valence-electron chi connectivity index (χ0n) is 19.5. The number of aryl methyl sites for hydroxylation is 1. The number of nitrogens with zero attached hydrogens (tertiary/aromatic N) is 2. The van der Waals surface area contributed by atoms with Crippen LogP contribution in [0.4, 0.5) is 13.2 Å². The third kappa shape index (κ3) is 3.80. The van der Waals surface area contributed by atoms with E-state index in [9.17, 15) is 18.0 Å². The molecule has 0 N–H and O–H groups in total. The predicted octanol–water partition coefficient (Wildman–Crippen LogP) is 5.57. The molecule has 0 radical (unpaired) electrons. The topological polar surface area (TPSA) is 41.9 Å². The van der Waals surface area contributed by atoms with Crippen LogP contribution in [0, 0.1) is 11.3 Å². The lowest BCUT2D eigenvalue weighted by Gasteiger charge is -2.45. The average Bonchev–Trinajstić information content (AvgIpc) is 3.53. The lowest BCUT2D eigenvalue weighted by molar-refractivity contribution is -0.158. The van der Waals surface area contributed by atoms with Gasteiger partial charge in [0.1, 0.15) is 12.4 Å². The first-order valence-electron chi connectivity index (χ1n) is 12.3. The molecule has 0 aromatic heterocycles. The maximum Gasteiger partial charge on any atom is 0.406 e. The highest BCUT2D eigenvalue weighted by molar-refractivity contribution is 6.09. The van der Waals surface area contributed by atoms with E-state index in [0.29, 0.717) is 12.8 Å². The Morgan fingerprint density at radius 3 is 2.52 bits per heavy atom. The molecule has 180 valence electrons. The SMILES string of the molecule is CCC1=NC2(C(=O)N1CC(F)(F)F)c1cc(CCC3CC3)ccc1CC21CCC(OC)CC1. The molecule has 1 aliphatic heterocycles. The summed E-state index contributed by atoms with van der Waals surface area (Å²) in [7, 11) is 1.70. The summed E-state index contributed by atoms with van der Waals surface area (Å²) in [5.74, 6) is 0.579. The molecule has 0 saturated heterocycles. The number of hydrogen-bond donors (Lipinski definition) is 0. The number of aliphatic imine (C=N–C) groups is 1. The van der Waals surface area contributed by atoms with Gasteiger partial charge in [0.25, 0.3) is 5.91 Å². The van der Waals surface area contributed by atoms with E-state index < -0.39 is 29.6 Å². The molecule has 1 heterocycles. The van der Waals surface area contributed by atoms with Gasteiger partial charge in [0.05, 0.1) is 6.10 Å². The molecule has 2 fully saturated rings. The maximum atomic E-state index is 14.0. The molecule has 3 aliphatic carbocycles. The summed E-state index contributed by atoms with van der Waals surface area (Å²) in [5.41, 5.74) is 1.36. The third-order valence-corrected chi connectivity index (χ3v) is 8.44. The minimum atomic E-state index is -4.47. The van der Waals surface area contributed by atoms with Crippen LogP contribution in [0.2, 0.25) is 0 Å². The van der Waals surface area contributed by atoms with Gasteiger partial charge in [-0.05, 0) is 67.6 Å². The van der Waals surface area contributed by atoms with Gasteiger partial charge in [0.15, 0.2) is 5.54 Å². The molecule has 0 bridgehead atoms. The monoisotopic (exact) mass is 462 g/mol. The Morgan fingerprint density at radius 2 is 1.91 bits per heavy atom. The van der Waals surface area contributed by atoms with Crippen LogP contribution in [-0.4, -0.2) is 42.6 Å². The molecule has 2 spiro atoms. The lowest BCUT2D eigenvalue weighted by atomic mass is 9.61. The Labute approximate surface area is 193 Å². The molecule has 5 rings (SSSR count). The standard InChI is InChI=1S/C26H33F3N2O2/c1-3-22-30-26(23(32)31(22)16-25(27,28)29)21-14-18(7-6-17-4-5-17)8-9-19(21)15-24(26)12-10-20(33-2)11-13-24/h8-9,14,17,20H,3-7,10-13,15-16H2,1-2H3. The van der Waals surface area contributed by atoms with Gasteiger partial charge in [-0.1, -0.05) is 38.0 Å². The van der Waals surface area contributed by atoms with E-state index in [1.165, 1.54) is 12.8 Å². The number of methoxy groups -OCH3 is 1. The van der Waals surface area contributed by atoms with Gasteiger partial charge in [-0.3, -0.25) is 14.7 Å². The van der Waals surface area contributed by atoms with Crippen molar-refractivity contribution in [1.29, 1.82) is 0 Å². The van der Waals surface area contributed by atoms with Gasteiger partial charge >= 0.3 is 6.18 Å². The molecule has 1 unspecified atom stereocenters. The Bertz CT molecular complexity index is 961. The molecular formula is C26H33F3N2O2. The van der Waals surface area contributed by atoms with Crippen molar-refractivity contribution >= 4 is 11.7 Å². The number of rotatable bonds is 6. The van der Waals surface area contributed by atoms with Crippen LogP contribution in [0.1, 0.15) is 75.0 Å². The van der Waals surface area contributed by atoms with Gasteiger partial charge in [-0.25, -0.2) is 0 Å². The molecule has 4 nitrogen and oxygen atoms in total. The van der Waals surface area contributed by atoms with E-state index in [0.717, 1.165) is 66.0 Å². The second-order valence-electron chi connectivity index (χ2n) is 10.5. The van der Waals surface area contributed by atoms with E-state index in [1.807, 2.05) is 0 Å². The third-order valence-electron chi connectivity index (χ3n) is 8.44. The fourth-order valence-electron chi connectivity index (χ4n) is 6.49. The quantitative estimate of drug-likeness (QED) is 0.555. The van der Waals surface area contributed by atoms with E-state index in [-0.39, 0.29) is 11.9 Å². The van der Waals surface area contributed by atoms with Crippen LogP contribution in [0.3, 0.4) is 0 Å². The Kier molecular flexibility index (Phi) is 5.62. The summed E-state index contributed by atoms with van der Waals surface area (Å²) in [6, 6.07) is 6.35. The number of benzene rings is 1. The van der Waals surface area contributed by atoms with Crippen molar-refractivity contribution < 1.29 is 22.7 Å². The molecule has 1 atom stereocenters. The number of carbonyl (C=O) groups is 1. The predicted molar refractivity (Wildman–Crippen MR) is 120 cm³/mol. The molecule has 1 aromatic carbocycles. The zero-order valence-corrected chi connectivity index (χ0v) is 19.5. The zero-order chi connectivity index (χ0) is 23.4. The molecule has 7 heteroatoms. The van der Waals surface area contributed by atoms with Crippen LogP contribution < -0.4 is 0 Å². The van der Waals surface area contributed by atoms with Gasteiger partial charge in [-0.15, -0.1) is 0 Å². The summed E-state index contributed by atoms with van der Waals surface area (Å²) in [6.07, 6.45) is 4.34. The van der Waals surface area contributed by atoms with Crippen LogP contribution >= 0.6 is 0 Å². The van der Waals surface area contributed by atoms with E-state index in [2.05, 4.69) is 18.2 Å². The number of amidine groups is 1. The number of ether oxygens (including phenoxy) is 1. The van der Waals surface area contributed by atoms with E-state index in [4.69, 9.17) is 9.73 Å². The number of hydrogen-bond acceptors (Lipinski definition) is 3. The molecule has 4 aliphatic rings. The number of alkyl halides is 3. The van der Waals surface area contributed by atoms with Crippen molar-refractivity contribution in [3.8, 4) is 0 Å². The highest BCUT2D eigenvalue weighted by atomic mass is 19.4. The van der Waals surface area contributed by atoms with Crippen molar-refractivity contribution in [2.24, 2.45) is 16.3 Å². The Balaban J connectivity index is 1.59. The first-order valence-corrected chi connectivity index (χ1v) is 12.3. The van der Waals surface area contributed by atoms with Crippen LogP contribution in [-0.2, 0) is 27.9 Å². The largest absolute Gasteiger partial charge is 0.406 e. The number of amides is 1. The molecule has 33 heavy (non-hydrogen) atoms. The Morgan fingerprint density at radius 1 is 1.18 bits per heavy atom. The summed E-state index contributed by atoms with van der Waals surface area (Å²) < 4.78 is 46.0. The second-order valence-corrected chi connectivity index (χ2v) is 10.5. The van der Waals surface area contributed by atoms with Crippen molar-refractivity contribution in [3.63, 3.8) is 0 Å². The number of carbonyl (C=O) groups excluding carboxylic acids is 1. The first-order chi connectivity index (χ1) is 15.7. The molecule has 2 saturated carbocycles. The second kappa shape index (κ2) is 8.10. The van der Waals surface area contributed by atoms with Gasteiger partial charge < -0.3 is 4.74 Å². The summed E-state index contributed by atoms with van der Waals surface area (Å²) in [4.78, 5) is 19.9. The summed E-state index contributed by atoms with van der Waals surface area (Å²) >= 11 is 0. The summed E-state index contributed by atoms with van der Waals surface area (Å²) in [5, 5.41) is 0. The van der Waals surface area contributed by atoms with Gasteiger partial charge in [0.2, 0.25) is 0 Å². The minimum Gasteiger partial charge on any atom is -0.381 e. The fraction of sp³-hybridized carbons (Fsp3) is 0.692. The minimum absolute atomic E-state index is 0.128. The number of halogens is 3. The van der Waals surface area contributed by atoms with E-state index >= 15 is 0 Å². The van der Waals surface area contributed by atoms with E-state index in [1.54, 1.807) is 14.0 Å². The van der Waals surface area contributed by atoms with Gasteiger partial charge in [0, 0.05) is 18.9 Å². The van der Waals surface area contributed by atoms with Crippen LogP contribution in [0.25, 0.3) is 0 Å². The number of fused-ring (bicyclic) bond motifs is 3. The van der Waals surface area contributed by atoms with Crippen molar-refractivity contribution in [2.75, 3.05) is 13.7 Å². The van der Waals surface area contributed by atoms with Crippen molar-refractivity contribution in [1.82, 2.24) is 4.90 Å². The average molecular weight is 463 g/mol. The van der Waals surface area contributed by atoms with Crippen LogP contribution in [0.15, 0.2) is 23.2 Å². The maximum absolute atomic E-state index is 14.0. The van der Waals surface area contributed by atoms with Crippen molar-refractivity contribution in [2.45, 2.75) is 89.0 Å². The van der Waals surface area contributed by atoms with Gasteiger partial charge in [-0.2, -0.15) is 13.2 Å². The highest BCUT2D eigenvalue weighted by Gasteiger charge is 2.67. The highest BCUT2D eigenvalue weighted by Crippen LogP contribution is 2.62. The van der Waals surface area contributed by atoms with Crippen LogP contribution in [0.5, 0.6) is 0 Å². The fourth-order valence-corrected chi connectivity index (χ4v) is 6.49. The molecule has 1 aromatic rings. The normalized spacial score (nSPS) is 31.5. The first kappa shape index (κ1) is 22.9. The summed E-state index contributed by atoms with van der Waals surface area (Å²) in [6.45, 7) is 0.513. The smallest absolute Gasteiger partial charge is 0.381 e.